The van der Waals surface area contributed by atoms with Crippen molar-refractivity contribution in [2.75, 3.05) is 5.75 Å². The largest absolute Gasteiger partial charge is 0.353 e. The van der Waals surface area contributed by atoms with Gasteiger partial charge in [-0.3, -0.25) is 4.79 Å². The van der Waals surface area contributed by atoms with Crippen molar-refractivity contribution < 1.29 is 4.79 Å². The van der Waals surface area contributed by atoms with E-state index in [9.17, 15) is 4.79 Å². The molecule has 1 amide bonds. The van der Waals surface area contributed by atoms with Crippen molar-refractivity contribution in [1.29, 1.82) is 0 Å². The van der Waals surface area contributed by atoms with Gasteiger partial charge in [-0.2, -0.15) is 0 Å². The molecule has 2 aliphatic carbocycles. The topological polar surface area (TPSA) is 59.8 Å². The predicted molar refractivity (Wildman–Crippen MR) is 64.9 cm³/mol. The maximum atomic E-state index is 11.5. The van der Waals surface area contributed by atoms with Crippen molar-refractivity contribution in [3.05, 3.63) is 5.82 Å². The highest BCUT2D eigenvalue weighted by Gasteiger charge is 2.29. The van der Waals surface area contributed by atoms with E-state index in [-0.39, 0.29) is 5.91 Å². The zero-order chi connectivity index (χ0) is 11.8. The summed E-state index contributed by atoms with van der Waals surface area (Å²) < 4.78 is 2.02. The van der Waals surface area contributed by atoms with Crippen molar-refractivity contribution in [3.8, 4) is 0 Å². The Kier molecular flexibility index (Phi) is 2.82. The molecule has 2 saturated carbocycles. The van der Waals surface area contributed by atoms with Gasteiger partial charge in [-0.1, -0.05) is 11.8 Å². The summed E-state index contributed by atoms with van der Waals surface area (Å²) in [7, 11) is 1.98. The molecule has 0 unspecified atom stereocenters. The van der Waals surface area contributed by atoms with Gasteiger partial charge in [-0.15, -0.1) is 10.2 Å². The van der Waals surface area contributed by atoms with Gasteiger partial charge in [0.2, 0.25) is 5.91 Å². The third-order valence-corrected chi connectivity index (χ3v) is 4.11. The van der Waals surface area contributed by atoms with Crippen LogP contribution >= 0.6 is 11.8 Å². The third-order valence-electron chi connectivity index (χ3n) is 3.09. The van der Waals surface area contributed by atoms with E-state index in [1.165, 1.54) is 24.6 Å². The van der Waals surface area contributed by atoms with E-state index in [0.29, 0.717) is 17.7 Å². The van der Waals surface area contributed by atoms with Crippen molar-refractivity contribution >= 4 is 17.7 Å². The number of carbonyl (C=O) groups excluding carboxylic acids is 1. The van der Waals surface area contributed by atoms with Gasteiger partial charge < -0.3 is 9.88 Å². The molecular formula is C11H16N4OS. The van der Waals surface area contributed by atoms with Crippen LogP contribution in [0.1, 0.15) is 37.4 Å². The van der Waals surface area contributed by atoms with E-state index >= 15 is 0 Å². The van der Waals surface area contributed by atoms with E-state index in [0.717, 1.165) is 23.8 Å². The molecule has 3 rings (SSSR count). The highest BCUT2D eigenvalue weighted by molar-refractivity contribution is 7.99. The second kappa shape index (κ2) is 4.33. The van der Waals surface area contributed by atoms with Gasteiger partial charge >= 0.3 is 0 Å². The first kappa shape index (κ1) is 11.1. The Labute approximate surface area is 104 Å². The number of aromatic nitrogens is 3. The first-order valence-corrected chi connectivity index (χ1v) is 7.04. The summed E-state index contributed by atoms with van der Waals surface area (Å²) in [4.78, 5) is 11.5. The molecular weight excluding hydrogens is 236 g/mol. The molecule has 6 heteroatoms. The minimum atomic E-state index is 0.105. The normalized spacial score (nSPS) is 19.4. The molecule has 1 aromatic rings. The quantitative estimate of drug-likeness (QED) is 0.796. The Morgan fingerprint density at radius 3 is 2.82 bits per heavy atom. The Bertz CT molecular complexity index is 437. The summed E-state index contributed by atoms with van der Waals surface area (Å²) >= 11 is 1.47. The average molecular weight is 252 g/mol. The molecule has 1 N–H and O–H groups in total. The number of hydrogen-bond acceptors (Lipinski definition) is 4. The third kappa shape index (κ3) is 2.62. The maximum Gasteiger partial charge on any atom is 0.230 e. The molecule has 5 nitrogen and oxygen atoms in total. The molecule has 0 saturated heterocycles. The first-order valence-electron chi connectivity index (χ1n) is 6.05. The lowest BCUT2D eigenvalue weighted by molar-refractivity contribution is -0.118. The number of amides is 1. The molecule has 92 valence electrons. The molecule has 2 fully saturated rings. The summed E-state index contributed by atoms with van der Waals surface area (Å²) in [6.07, 6.45) is 4.70. The van der Waals surface area contributed by atoms with Gasteiger partial charge in [0.1, 0.15) is 5.82 Å². The zero-order valence-corrected chi connectivity index (χ0v) is 10.7. The van der Waals surface area contributed by atoms with Crippen molar-refractivity contribution in [1.82, 2.24) is 20.1 Å². The summed E-state index contributed by atoms with van der Waals surface area (Å²) in [5.41, 5.74) is 0. The van der Waals surface area contributed by atoms with E-state index in [1.54, 1.807) is 0 Å². The van der Waals surface area contributed by atoms with Crippen LogP contribution in [-0.2, 0) is 11.8 Å². The van der Waals surface area contributed by atoms with Crippen LogP contribution in [-0.4, -0.2) is 32.5 Å². The predicted octanol–water partition coefficient (Wildman–Crippen LogP) is 1.06. The second-order valence-corrected chi connectivity index (χ2v) is 5.75. The lowest BCUT2D eigenvalue weighted by atomic mass is 10.4. The molecule has 1 aromatic heterocycles. The van der Waals surface area contributed by atoms with E-state index in [4.69, 9.17) is 0 Å². The number of nitrogens with one attached hydrogen (secondary N) is 1. The van der Waals surface area contributed by atoms with Crippen molar-refractivity contribution in [2.45, 2.75) is 42.8 Å². The zero-order valence-electron chi connectivity index (χ0n) is 9.85. The summed E-state index contributed by atoms with van der Waals surface area (Å²) in [5.74, 6) is 2.21. The summed E-state index contributed by atoms with van der Waals surface area (Å²) in [6, 6.07) is 0.435. The highest BCUT2D eigenvalue weighted by atomic mass is 32.2. The minimum absolute atomic E-state index is 0.105. The SMILES string of the molecule is Cn1c(SCC(=O)NC2CC2)nnc1C1CC1. The Morgan fingerprint density at radius 2 is 2.18 bits per heavy atom. The Balaban J connectivity index is 1.54. The van der Waals surface area contributed by atoms with Crippen LogP contribution in [0.4, 0.5) is 0 Å². The minimum Gasteiger partial charge on any atom is -0.353 e. The lowest BCUT2D eigenvalue weighted by Gasteiger charge is -2.03. The van der Waals surface area contributed by atoms with E-state index in [2.05, 4.69) is 15.5 Å². The molecule has 1 heterocycles. The molecule has 0 atom stereocenters. The smallest absolute Gasteiger partial charge is 0.230 e. The summed E-state index contributed by atoms with van der Waals surface area (Å²) in [6.45, 7) is 0. The molecule has 0 spiro atoms. The molecule has 0 radical (unpaired) electrons. The molecule has 0 bridgehead atoms. The van der Waals surface area contributed by atoms with Crippen LogP contribution in [0, 0.1) is 0 Å². The van der Waals surface area contributed by atoms with Crippen LogP contribution in [0.15, 0.2) is 5.16 Å². The van der Waals surface area contributed by atoms with E-state index < -0.39 is 0 Å². The van der Waals surface area contributed by atoms with Gasteiger partial charge in [0.25, 0.3) is 0 Å². The Morgan fingerprint density at radius 1 is 1.41 bits per heavy atom. The van der Waals surface area contributed by atoms with Gasteiger partial charge in [-0.05, 0) is 25.7 Å². The lowest BCUT2D eigenvalue weighted by Crippen LogP contribution is -2.27. The highest BCUT2D eigenvalue weighted by Crippen LogP contribution is 2.39. The fourth-order valence-electron chi connectivity index (χ4n) is 1.78. The number of thioether (sulfide) groups is 1. The molecule has 17 heavy (non-hydrogen) atoms. The summed E-state index contributed by atoms with van der Waals surface area (Å²) in [5, 5.41) is 12.1. The van der Waals surface area contributed by atoms with Gasteiger partial charge in [0.15, 0.2) is 5.16 Å². The number of carbonyl (C=O) groups is 1. The average Bonchev–Trinajstić information content (AvgIpc) is 3.18. The van der Waals surface area contributed by atoms with Crippen LogP contribution < -0.4 is 5.32 Å². The first-order chi connectivity index (χ1) is 8.24. The maximum absolute atomic E-state index is 11.5. The van der Waals surface area contributed by atoms with Crippen molar-refractivity contribution in [2.24, 2.45) is 7.05 Å². The fourth-order valence-corrected chi connectivity index (χ4v) is 2.51. The number of hydrogen-bond donors (Lipinski definition) is 1. The molecule has 2 aliphatic rings. The van der Waals surface area contributed by atoms with E-state index in [1.807, 2.05) is 11.6 Å². The number of nitrogens with zero attached hydrogens (tertiary/aromatic N) is 3. The van der Waals surface area contributed by atoms with Gasteiger partial charge in [0, 0.05) is 19.0 Å². The van der Waals surface area contributed by atoms with Crippen LogP contribution in [0.25, 0.3) is 0 Å². The number of rotatable bonds is 5. The fraction of sp³-hybridized carbons (Fsp3) is 0.727. The van der Waals surface area contributed by atoms with Crippen LogP contribution in [0.2, 0.25) is 0 Å². The molecule has 0 aromatic carbocycles. The van der Waals surface area contributed by atoms with Gasteiger partial charge in [-0.25, -0.2) is 0 Å². The molecule has 0 aliphatic heterocycles. The van der Waals surface area contributed by atoms with Gasteiger partial charge in [0.05, 0.1) is 5.75 Å². The van der Waals surface area contributed by atoms with Crippen LogP contribution in [0.3, 0.4) is 0 Å². The van der Waals surface area contributed by atoms with Crippen LogP contribution in [0.5, 0.6) is 0 Å². The second-order valence-electron chi connectivity index (χ2n) is 4.80. The Hall–Kier alpha value is -1.04. The standard InChI is InChI=1S/C11H16N4OS/c1-15-10(7-2-3-7)13-14-11(15)17-6-9(16)12-8-4-5-8/h7-8H,2-6H2,1H3,(H,12,16). The van der Waals surface area contributed by atoms with Crippen molar-refractivity contribution in [3.63, 3.8) is 0 Å². The monoisotopic (exact) mass is 252 g/mol.